The summed E-state index contributed by atoms with van der Waals surface area (Å²) in [7, 11) is 1.97. The summed E-state index contributed by atoms with van der Waals surface area (Å²) in [6, 6.07) is 15.4. The van der Waals surface area contributed by atoms with E-state index in [1.807, 2.05) is 26.2 Å². The van der Waals surface area contributed by atoms with Crippen molar-refractivity contribution < 1.29 is 4.74 Å². The molecular weight excluding hydrogens is 499 g/mol. The highest BCUT2D eigenvalue weighted by Gasteiger charge is 2.35. The Morgan fingerprint density at radius 3 is 2.58 bits per heavy atom. The maximum Gasteiger partial charge on any atom is 0.163 e. The van der Waals surface area contributed by atoms with E-state index in [1.54, 1.807) is 0 Å². The first-order valence-electron chi connectivity index (χ1n) is 14.6. The molecule has 0 spiro atoms. The number of hydrogen-bond donors (Lipinski definition) is 1. The summed E-state index contributed by atoms with van der Waals surface area (Å²) in [6.07, 6.45) is 3.31. The quantitative estimate of drug-likeness (QED) is 0.463. The van der Waals surface area contributed by atoms with Crippen molar-refractivity contribution in [3.8, 4) is 6.07 Å². The average Bonchev–Trinajstić information content (AvgIpc) is 2.95. The third-order valence-corrected chi connectivity index (χ3v) is 8.71. The van der Waals surface area contributed by atoms with Gasteiger partial charge in [0.2, 0.25) is 0 Å². The fraction of sp³-hybridized carbons (Fsp3) is 0.500. The van der Waals surface area contributed by atoms with E-state index in [2.05, 4.69) is 63.8 Å². The molecule has 0 radical (unpaired) electrons. The van der Waals surface area contributed by atoms with E-state index in [0.717, 1.165) is 86.8 Å². The van der Waals surface area contributed by atoms with Crippen LogP contribution in [0.15, 0.2) is 42.6 Å². The van der Waals surface area contributed by atoms with E-state index >= 15 is 0 Å². The van der Waals surface area contributed by atoms with E-state index in [9.17, 15) is 5.26 Å². The summed E-state index contributed by atoms with van der Waals surface area (Å²) >= 11 is 0. The molecule has 208 valence electrons. The highest BCUT2D eigenvalue weighted by molar-refractivity contribution is 6.31. The van der Waals surface area contributed by atoms with Crippen LogP contribution in [0.5, 0.6) is 0 Å². The summed E-state index contributed by atoms with van der Waals surface area (Å²) in [5, 5.41) is 10.7. The second-order valence-electron chi connectivity index (χ2n) is 11.5. The molecule has 0 saturated carbocycles. The maximum absolute atomic E-state index is 9.62. The molecular formula is C30H39BN8O. The number of nitriles is 1. The molecule has 5 heterocycles. The average molecular weight is 539 g/mol. The van der Waals surface area contributed by atoms with Gasteiger partial charge in [0.25, 0.3) is 0 Å². The van der Waals surface area contributed by atoms with Crippen molar-refractivity contribution in [1.82, 2.24) is 14.9 Å². The molecule has 6 rings (SSSR count). The molecule has 10 heteroatoms. The van der Waals surface area contributed by atoms with Crippen molar-refractivity contribution in [3.05, 3.63) is 48.2 Å². The van der Waals surface area contributed by atoms with E-state index in [1.165, 1.54) is 5.69 Å². The number of fused-ring (bicyclic) bond motifs is 1. The zero-order valence-electron chi connectivity index (χ0n) is 23.8. The zero-order valence-corrected chi connectivity index (χ0v) is 23.8. The number of anilines is 3. The van der Waals surface area contributed by atoms with Gasteiger partial charge in [0, 0.05) is 75.5 Å². The molecule has 3 aromatic rings. The summed E-state index contributed by atoms with van der Waals surface area (Å²) in [4.78, 5) is 19.1. The van der Waals surface area contributed by atoms with Crippen LogP contribution in [0, 0.1) is 11.3 Å². The smallest absolute Gasteiger partial charge is 0.163 e. The van der Waals surface area contributed by atoms with Crippen LogP contribution in [0.3, 0.4) is 0 Å². The minimum Gasteiger partial charge on any atom is -0.370 e. The Morgan fingerprint density at radius 2 is 1.88 bits per heavy atom. The molecule has 3 fully saturated rings. The third-order valence-electron chi connectivity index (χ3n) is 8.71. The van der Waals surface area contributed by atoms with Crippen molar-refractivity contribution in [1.29, 1.82) is 5.26 Å². The Labute approximate surface area is 237 Å². The molecule has 0 bridgehead atoms. The van der Waals surface area contributed by atoms with Gasteiger partial charge in [-0.15, -0.1) is 0 Å². The highest BCUT2D eigenvalue weighted by atomic mass is 16.5. The first kappa shape index (κ1) is 26.8. The van der Waals surface area contributed by atoms with E-state index in [0.29, 0.717) is 11.6 Å². The molecule has 40 heavy (non-hydrogen) atoms. The minimum atomic E-state index is 0.120. The van der Waals surface area contributed by atoms with Crippen LogP contribution in [-0.4, -0.2) is 99.4 Å². The van der Waals surface area contributed by atoms with Crippen molar-refractivity contribution in [3.63, 3.8) is 0 Å². The number of ether oxygens (including phenoxy) is 1. The van der Waals surface area contributed by atoms with Crippen molar-refractivity contribution >= 4 is 41.5 Å². The molecule has 1 aromatic carbocycles. The lowest BCUT2D eigenvalue weighted by Gasteiger charge is -2.47. The second-order valence-corrected chi connectivity index (χ2v) is 11.5. The van der Waals surface area contributed by atoms with Gasteiger partial charge >= 0.3 is 0 Å². The number of aromatic nitrogens is 2. The van der Waals surface area contributed by atoms with E-state index in [-0.39, 0.29) is 18.2 Å². The molecule has 9 nitrogen and oxygen atoms in total. The predicted molar refractivity (Wildman–Crippen MR) is 163 cm³/mol. The van der Waals surface area contributed by atoms with Gasteiger partial charge in [-0.05, 0) is 49.3 Å². The summed E-state index contributed by atoms with van der Waals surface area (Å²) in [5.41, 5.74) is 10.8. The van der Waals surface area contributed by atoms with Crippen LogP contribution in [0.25, 0.3) is 10.9 Å². The Kier molecular flexibility index (Phi) is 7.54. The highest BCUT2D eigenvalue weighted by Crippen LogP contribution is 2.31. The lowest BCUT2D eigenvalue weighted by Crippen LogP contribution is -2.64. The molecule has 3 aliphatic heterocycles. The van der Waals surface area contributed by atoms with Gasteiger partial charge in [-0.25, -0.2) is 4.98 Å². The zero-order chi connectivity index (χ0) is 27.8. The van der Waals surface area contributed by atoms with Crippen LogP contribution in [0.2, 0.25) is 0 Å². The minimum absolute atomic E-state index is 0.120. The van der Waals surface area contributed by atoms with Gasteiger partial charge in [-0.1, -0.05) is 13.0 Å². The Morgan fingerprint density at radius 1 is 1.05 bits per heavy atom. The molecule has 4 atom stereocenters. The lowest BCUT2D eigenvalue weighted by molar-refractivity contribution is -0.0327. The maximum atomic E-state index is 9.62. The van der Waals surface area contributed by atoms with Crippen LogP contribution in [0.4, 0.5) is 17.2 Å². The Bertz CT molecular complexity index is 1390. The number of nitrogens with zero attached hydrogens (tertiary/aromatic N) is 7. The standard InChI is InChI=1S/C30H39BN8O/c1-3-26-25(33)19-39(26)29-9-5-22(15-34-29)37-12-10-36(11-13-37)17-23-18-38(16-20(2)40-23)27-7-4-21(14-32)30-24(27)6-8-28(31)35-30/h4-9,15,20,23,25-26H,3,10-13,16-19,31,33H2,1-2H3. The van der Waals surface area contributed by atoms with E-state index in [4.69, 9.17) is 20.4 Å². The first-order valence-corrected chi connectivity index (χ1v) is 14.6. The molecule has 0 aliphatic carbocycles. The number of piperazine rings is 1. The summed E-state index contributed by atoms with van der Waals surface area (Å²) in [5.74, 6) is 1.03. The molecule has 3 aliphatic rings. The summed E-state index contributed by atoms with van der Waals surface area (Å²) in [6.45, 7) is 11.7. The van der Waals surface area contributed by atoms with Gasteiger partial charge in [0.1, 0.15) is 11.9 Å². The van der Waals surface area contributed by atoms with Crippen molar-refractivity contribution in [2.75, 3.05) is 67.1 Å². The number of pyridine rings is 2. The van der Waals surface area contributed by atoms with Crippen LogP contribution >= 0.6 is 0 Å². The SMILES string of the molecule is Bc1ccc2c(N3CC(C)OC(CN4CCN(c5ccc(N6CC(N)C6CC)nc5)CC4)C3)ccc(C#N)c2n1. The van der Waals surface area contributed by atoms with Gasteiger partial charge in [0.05, 0.1) is 35.2 Å². The number of hydrogen-bond acceptors (Lipinski definition) is 9. The fourth-order valence-electron chi connectivity index (χ4n) is 6.58. The van der Waals surface area contributed by atoms with Gasteiger partial charge in [-0.3, -0.25) is 9.88 Å². The van der Waals surface area contributed by atoms with Gasteiger partial charge < -0.3 is 25.2 Å². The van der Waals surface area contributed by atoms with Crippen molar-refractivity contribution in [2.24, 2.45) is 5.73 Å². The predicted octanol–water partition coefficient (Wildman–Crippen LogP) is 1.10. The molecule has 0 amide bonds. The number of morpholine rings is 1. The first-order chi connectivity index (χ1) is 19.4. The number of nitrogens with two attached hydrogens (primary N) is 1. The van der Waals surface area contributed by atoms with E-state index < -0.39 is 0 Å². The Balaban J connectivity index is 1.07. The summed E-state index contributed by atoms with van der Waals surface area (Å²) < 4.78 is 6.42. The Hall–Kier alpha value is -3.39. The van der Waals surface area contributed by atoms with Crippen LogP contribution in [0.1, 0.15) is 25.8 Å². The van der Waals surface area contributed by atoms with Crippen molar-refractivity contribution in [2.45, 2.75) is 44.6 Å². The molecule has 4 unspecified atom stereocenters. The second kappa shape index (κ2) is 11.2. The molecule has 2 aromatic heterocycles. The van der Waals surface area contributed by atoms with Crippen LogP contribution in [-0.2, 0) is 4.74 Å². The fourth-order valence-corrected chi connectivity index (χ4v) is 6.58. The monoisotopic (exact) mass is 538 g/mol. The topological polar surface area (TPSA) is 97.8 Å². The number of rotatable bonds is 6. The largest absolute Gasteiger partial charge is 0.370 e. The van der Waals surface area contributed by atoms with Crippen LogP contribution < -0.4 is 26.0 Å². The van der Waals surface area contributed by atoms with Gasteiger partial charge in [-0.2, -0.15) is 5.26 Å². The van der Waals surface area contributed by atoms with Gasteiger partial charge in [0.15, 0.2) is 7.85 Å². The molecule has 3 saturated heterocycles. The number of benzene rings is 1. The normalized spacial score (nSPS) is 25.6. The third kappa shape index (κ3) is 5.21. The lowest BCUT2D eigenvalue weighted by atomic mass is 9.95. The molecule has 2 N–H and O–H groups in total.